The van der Waals surface area contributed by atoms with E-state index in [9.17, 15) is 9.59 Å². The van der Waals surface area contributed by atoms with Gasteiger partial charge in [-0.05, 0) is 18.4 Å². The molecule has 0 spiro atoms. The maximum Gasteiger partial charge on any atom is 0.312 e. The first-order valence-corrected chi connectivity index (χ1v) is 6.19. The molecule has 1 aromatic heterocycles. The lowest BCUT2D eigenvalue weighted by Crippen LogP contribution is -2.07. The van der Waals surface area contributed by atoms with Crippen molar-refractivity contribution in [3.63, 3.8) is 0 Å². The standard InChI is InChI=1S/C12H14O3S/c1-6(2)3-7-4-8-10(13)5-9(12(14)15)11(8)16-7/h4,6,9H,3,5H2,1-2H3,(H,14,15). The van der Waals surface area contributed by atoms with Crippen molar-refractivity contribution in [1.29, 1.82) is 0 Å². The highest BCUT2D eigenvalue weighted by atomic mass is 32.1. The van der Waals surface area contributed by atoms with Gasteiger partial charge in [0, 0.05) is 21.7 Å². The maximum atomic E-state index is 11.6. The van der Waals surface area contributed by atoms with Crippen molar-refractivity contribution in [2.75, 3.05) is 0 Å². The van der Waals surface area contributed by atoms with Gasteiger partial charge in [0.25, 0.3) is 0 Å². The van der Waals surface area contributed by atoms with Gasteiger partial charge in [0.05, 0.1) is 5.92 Å². The van der Waals surface area contributed by atoms with Gasteiger partial charge in [-0.2, -0.15) is 0 Å². The van der Waals surface area contributed by atoms with Crippen LogP contribution in [-0.2, 0) is 11.2 Å². The molecule has 0 aromatic carbocycles. The number of aliphatic carboxylic acids is 1. The first-order chi connectivity index (χ1) is 7.49. The van der Waals surface area contributed by atoms with Gasteiger partial charge in [-0.25, -0.2) is 0 Å². The number of carbonyl (C=O) groups excluding carboxylic acids is 1. The molecule has 86 valence electrons. The van der Waals surface area contributed by atoms with Crippen LogP contribution in [-0.4, -0.2) is 16.9 Å². The fourth-order valence-corrected chi connectivity index (χ4v) is 3.51. The molecule has 0 amide bonds. The van der Waals surface area contributed by atoms with Gasteiger partial charge in [0.1, 0.15) is 0 Å². The molecule has 1 heterocycles. The second-order valence-corrected chi connectivity index (χ2v) is 5.78. The van der Waals surface area contributed by atoms with Gasteiger partial charge >= 0.3 is 5.97 Å². The topological polar surface area (TPSA) is 54.4 Å². The van der Waals surface area contributed by atoms with Crippen molar-refractivity contribution in [2.24, 2.45) is 5.92 Å². The Hall–Kier alpha value is -1.16. The summed E-state index contributed by atoms with van der Waals surface area (Å²) in [5.74, 6) is -0.982. The number of carboxylic acids is 1. The van der Waals surface area contributed by atoms with E-state index >= 15 is 0 Å². The van der Waals surface area contributed by atoms with E-state index < -0.39 is 11.9 Å². The molecular formula is C12H14O3S. The molecule has 0 bridgehead atoms. The van der Waals surface area contributed by atoms with Crippen molar-refractivity contribution >= 4 is 23.1 Å². The number of rotatable bonds is 3. The zero-order valence-electron chi connectivity index (χ0n) is 9.32. The third-order valence-electron chi connectivity index (χ3n) is 2.73. The lowest BCUT2D eigenvalue weighted by atomic mass is 10.1. The zero-order valence-corrected chi connectivity index (χ0v) is 10.1. The van der Waals surface area contributed by atoms with E-state index in [1.165, 1.54) is 11.3 Å². The summed E-state index contributed by atoms with van der Waals surface area (Å²) in [5.41, 5.74) is 0.646. The number of hydrogen-bond acceptors (Lipinski definition) is 3. The van der Waals surface area contributed by atoms with Gasteiger partial charge < -0.3 is 5.11 Å². The van der Waals surface area contributed by atoms with E-state index in [1.54, 1.807) is 0 Å². The van der Waals surface area contributed by atoms with Gasteiger partial charge in [-0.3, -0.25) is 9.59 Å². The van der Waals surface area contributed by atoms with Crippen molar-refractivity contribution in [2.45, 2.75) is 32.6 Å². The Balaban J connectivity index is 2.33. The summed E-state index contributed by atoms with van der Waals surface area (Å²) >= 11 is 1.49. The fourth-order valence-electron chi connectivity index (χ4n) is 2.03. The van der Waals surface area contributed by atoms with Crippen molar-refractivity contribution in [3.05, 3.63) is 21.4 Å². The minimum absolute atomic E-state index is 0.0198. The van der Waals surface area contributed by atoms with Crippen LogP contribution >= 0.6 is 11.3 Å². The highest BCUT2D eigenvalue weighted by Gasteiger charge is 2.36. The number of carboxylic acid groups (broad SMARTS) is 1. The van der Waals surface area contributed by atoms with E-state index in [1.807, 2.05) is 6.07 Å². The molecule has 16 heavy (non-hydrogen) atoms. The number of thiophene rings is 1. The number of carbonyl (C=O) groups is 2. The summed E-state index contributed by atoms with van der Waals surface area (Å²) < 4.78 is 0. The van der Waals surface area contributed by atoms with Crippen LogP contribution in [0.3, 0.4) is 0 Å². The van der Waals surface area contributed by atoms with Crippen molar-refractivity contribution in [3.8, 4) is 0 Å². The molecule has 0 aliphatic heterocycles. The van der Waals surface area contributed by atoms with E-state index in [0.29, 0.717) is 11.5 Å². The Morgan fingerprint density at radius 1 is 1.62 bits per heavy atom. The highest BCUT2D eigenvalue weighted by Crippen LogP contribution is 2.39. The average Bonchev–Trinajstić information content (AvgIpc) is 2.66. The minimum atomic E-state index is -0.884. The molecule has 1 aromatic rings. The van der Waals surface area contributed by atoms with Crippen LogP contribution in [0, 0.1) is 5.92 Å². The van der Waals surface area contributed by atoms with Gasteiger partial charge in [-0.15, -0.1) is 11.3 Å². The van der Waals surface area contributed by atoms with Crippen LogP contribution in [0.15, 0.2) is 6.07 Å². The molecule has 4 heteroatoms. The maximum absolute atomic E-state index is 11.6. The summed E-state index contributed by atoms with van der Waals surface area (Å²) in [5, 5.41) is 9.02. The molecule has 0 radical (unpaired) electrons. The van der Waals surface area contributed by atoms with Crippen LogP contribution in [0.1, 0.15) is 46.3 Å². The fraction of sp³-hybridized carbons (Fsp3) is 0.500. The second-order valence-electron chi connectivity index (χ2n) is 4.61. The Kier molecular flexibility index (Phi) is 2.84. The van der Waals surface area contributed by atoms with Gasteiger partial charge in [-0.1, -0.05) is 13.8 Å². The van der Waals surface area contributed by atoms with Gasteiger partial charge in [0.2, 0.25) is 0 Å². The first kappa shape index (κ1) is 11.3. The highest BCUT2D eigenvalue weighted by molar-refractivity contribution is 7.12. The Morgan fingerprint density at radius 3 is 2.88 bits per heavy atom. The van der Waals surface area contributed by atoms with Crippen molar-refractivity contribution in [1.82, 2.24) is 0 Å². The molecule has 1 atom stereocenters. The zero-order chi connectivity index (χ0) is 11.9. The second kappa shape index (κ2) is 4.01. The molecular weight excluding hydrogens is 224 g/mol. The normalized spacial score (nSPS) is 19.2. The quantitative estimate of drug-likeness (QED) is 0.880. The SMILES string of the molecule is CC(C)Cc1cc2c(s1)C(C(=O)O)CC2=O. The predicted octanol–water partition coefficient (Wildman–Crippen LogP) is 2.70. The minimum Gasteiger partial charge on any atom is -0.481 e. The van der Waals surface area contributed by atoms with Crippen LogP contribution in [0.2, 0.25) is 0 Å². The molecule has 1 N–H and O–H groups in total. The molecule has 0 fully saturated rings. The van der Waals surface area contributed by atoms with E-state index in [4.69, 9.17) is 5.11 Å². The monoisotopic (exact) mass is 238 g/mol. The molecule has 2 rings (SSSR count). The number of Topliss-reactive ketones (excluding diaryl/α,β-unsaturated/α-hetero) is 1. The molecule has 1 aliphatic carbocycles. The first-order valence-electron chi connectivity index (χ1n) is 5.37. The van der Waals surface area contributed by atoms with Crippen molar-refractivity contribution < 1.29 is 14.7 Å². The Labute approximate surface area is 98.1 Å². The number of hydrogen-bond donors (Lipinski definition) is 1. The van der Waals surface area contributed by atoms with E-state index in [2.05, 4.69) is 13.8 Å². The summed E-state index contributed by atoms with van der Waals surface area (Å²) in [4.78, 5) is 24.5. The predicted molar refractivity (Wildman–Crippen MR) is 62.2 cm³/mol. The number of fused-ring (bicyclic) bond motifs is 1. The van der Waals surface area contributed by atoms with Gasteiger partial charge in [0.15, 0.2) is 5.78 Å². The molecule has 3 nitrogen and oxygen atoms in total. The van der Waals surface area contributed by atoms with Crippen LogP contribution in [0.25, 0.3) is 0 Å². The summed E-state index contributed by atoms with van der Waals surface area (Å²) in [6, 6.07) is 1.88. The van der Waals surface area contributed by atoms with E-state index in [0.717, 1.165) is 16.2 Å². The van der Waals surface area contributed by atoms with Crippen LogP contribution in [0.4, 0.5) is 0 Å². The summed E-state index contributed by atoms with van der Waals surface area (Å²) in [6.07, 6.45) is 1.05. The Bertz CT molecular complexity index is 445. The molecule has 1 aliphatic rings. The smallest absolute Gasteiger partial charge is 0.312 e. The lowest BCUT2D eigenvalue weighted by molar-refractivity contribution is -0.138. The molecule has 1 unspecified atom stereocenters. The Morgan fingerprint density at radius 2 is 2.31 bits per heavy atom. The van der Waals surface area contributed by atoms with Crippen LogP contribution < -0.4 is 0 Å². The lowest BCUT2D eigenvalue weighted by Gasteiger charge is -2.03. The number of ketones is 1. The summed E-state index contributed by atoms with van der Waals surface area (Å²) in [7, 11) is 0. The summed E-state index contributed by atoms with van der Waals surface area (Å²) in [6.45, 7) is 4.22. The molecule has 0 saturated carbocycles. The van der Waals surface area contributed by atoms with Crippen LogP contribution in [0.5, 0.6) is 0 Å². The largest absolute Gasteiger partial charge is 0.481 e. The molecule has 0 saturated heterocycles. The third-order valence-corrected chi connectivity index (χ3v) is 4.00. The van der Waals surface area contributed by atoms with E-state index in [-0.39, 0.29) is 12.2 Å². The average molecular weight is 238 g/mol. The third kappa shape index (κ3) is 1.89.